The Labute approximate surface area is 113 Å². The van der Waals surface area contributed by atoms with Crippen molar-refractivity contribution >= 4 is 21.5 Å². The molecular formula is C12H12FN3O2S. The van der Waals surface area contributed by atoms with E-state index in [1.165, 1.54) is 18.3 Å². The van der Waals surface area contributed by atoms with Crippen LogP contribution in [0, 0.1) is 15.9 Å². The van der Waals surface area contributed by atoms with Gasteiger partial charge in [0.1, 0.15) is 12.0 Å². The van der Waals surface area contributed by atoms with Crippen LogP contribution in [0.1, 0.15) is 12.5 Å². The third-order valence-corrected chi connectivity index (χ3v) is 3.38. The van der Waals surface area contributed by atoms with Crippen molar-refractivity contribution < 1.29 is 9.31 Å². The molecule has 0 spiro atoms. The van der Waals surface area contributed by atoms with E-state index >= 15 is 0 Å². The van der Waals surface area contributed by atoms with Gasteiger partial charge < -0.3 is 5.32 Å². The van der Waals surface area contributed by atoms with Crippen LogP contribution >= 0.6 is 11.3 Å². The first-order valence-electron chi connectivity index (χ1n) is 5.66. The fourth-order valence-corrected chi connectivity index (χ4v) is 2.40. The van der Waals surface area contributed by atoms with Gasteiger partial charge in [0.2, 0.25) is 0 Å². The first-order chi connectivity index (χ1) is 9.04. The van der Waals surface area contributed by atoms with E-state index in [2.05, 4.69) is 10.3 Å². The minimum absolute atomic E-state index is 0.0106. The van der Waals surface area contributed by atoms with E-state index in [9.17, 15) is 14.5 Å². The lowest BCUT2D eigenvalue weighted by molar-refractivity contribution is -0.380. The summed E-state index contributed by atoms with van der Waals surface area (Å²) in [6, 6.07) is 6.32. The summed E-state index contributed by atoms with van der Waals surface area (Å²) in [4.78, 5) is 14.0. The minimum atomic E-state index is -0.465. The Hall–Kier alpha value is -2.02. The van der Waals surface area contributed by atoms with Crippen LogP contribution in [-0.4, -0.2) is 15.9 Å². The molecule has 0 aliphatic carbocycles. The number of aromatic nitrogens is 1. The lowest BCUT2D eigenvalue weighted by Gasteiger charge is -2.12. The Morgan fingerprint density at radius 2 is 2.16 bits per heavy atom. The predicted octanol–water partition coefficient (Wildman–Crippen LogP) is 3.23. The second-order valence-electron chi connectivity index (χ2n) is 4.14. The van der Waals surface area contributed by atoms with Crippen LogP contribution in [0.5, 0.6) is 0 Å². The molecule has 0 aliphatic rings. The quantitative estimate of drug-likeness (QED) is 0.675. The summed E-state index contributed by atoms with van der Waals surface area (Å²) < 4.78 is 12.8. The van der Waals surface area contributed by atoms with Gasteiger partial charge in [-0.1, -0.05) is 12.1 Å². The van der Waals surface area contributed by atoms with Crippen LogP contribution in [0.4, 0.5) is 14.5 Å². The molecule has 1 aromatic carbocycles. The highest BCUT2D eigenvalue weighted by atomic mass is 32.1. The maximum absolute atomic E-state index is 12.8. The fraction of sp³-hybridized carbons (Fsp3) is 0.250. The summed E-state index contributed by atoms with van der Waals surface area (Å²) in [6.45, 7) is 1.94. The minimum Gasteiger partial charge on any atom is -0.359 e. The number of nitrogens with one attached hydrogen (secondary N) is 1. The molecule has 0 fully saturated rings. The van der Waals surface area contributed by atoms with Crippen LogP contribution in [0.3, 0.4) is 0 Å². The van der Waals surface area contributed by atoms with Gasteiger partial charge in [0.25, 0.3) is 0 Å². The van der Waals surface area contributed by atoms with Crippen molar-refractivity contribution in [3.63, 3.8) is 0 Å². The molecule has 5 nitrogen and oxygen atoms in total. The van der Waals surface area contributed by atoms with Gasteiger partial charge in [0.15, 0.2) is 5.13 Å². The molecule has 7 heteroatoms. The molecule has 1 heterocycles. The zero-order chi connectivity index (χ0) is 13.8. The third kappa shape index (κ3) is 3.72. The highest BCUT2D eigenvalue weighted by Crippen LogP contribution is 2.25. The van der Waals surface area contributed by atoms with E-state index in [1.54, 1.807) is 12.1 Å². The average Bonchev–Trinajstić information content (AvgIpc) is 2.80. The molecule has 2 aromatic rings. The number of halogens is 1. The number of hydrogen-bond acceptors (Lipinski definition) is 5. The van der Waals surface area contributed by atoms with Gasteiger partial charge in [-0.25, -0.2) is 9.37 Å². The van der Waals surface area contributed by atoms with Gasteiger partial charge >= 0.3 is 5.00 Å². The van der Waals surface area contributed by atoms with Crippen LogP contribution in [0.25, 0.3) is 0 Å². The van der Waals surface area contributed by atoms with Gasteiger partial charge in [-0.2, -0.15) is 0 Å². The second kappa shape index (κ2) is 5.75. The first kappa shape index (κ1) is 13.4. The van der Waals surface area contributed by atoms with Crippen molar-refractivity contribution in [1.29, 1.82) is 0 Å². The zero-order valence-electron chi connectivity index (χ0n) is 10.2. The van der Waals surface area contributed by atoms with E-state index in [-0.39, 0.29) is 16.9 Å². The zero-order valence-corrected chi connectivity index (χ0v) is 11.0. The van der Waals surface area contributed by atoms with Crippen LogP contribution in [-0.2, 0) is 6.42 Å². The summed E-state index contributed by atoms with van der Waals surface area (Å²) in [5.41, 5.74) is 0.993. The number of rotatable bonds is 5. The van der Waals surface area contributed by atoms with E-state index in [1.807, 2.05) is 6.92 Å². The van der Waals surface area contributed by atoms with Crippen molar-refractivity contribution in [3.8, 4) is 0 Å². The highest BCUT2D eigenvalue weighted by molar-refractivity contribution is 7.18. The second-order valence-corrected chi connectivity index (χ2v) is 5.15. The van der Waals surface area contributed by atoms with Crippen molar-refractivity contribution in [3.05, 3.63) is 52.0 Å². The lowest BCUT2D eigenvalue weighted by Crippen LogP contribution is -2.17. The van der Waals surface area contributed by atoms with Crippen molar-refractivity contribution in [2.24, 2.45) is 0 Å². The smallest absolute Gasteiger partial charge is 0.345 e. The Bertz CT molecular complexity index is 571. The maximum Gasteiger partial charge on any atom is 0.345 e. The summed E-state index contributed by atoms with van der Waals surface area (Å²) in [5, 5.41) is 14.2. The third-order valence-electron chi connectivity index (χ3n) is 2.50. The molecule has 1 atom stereocenters. The number of benzene rings is 1. The van der Waals surface area contributed by atoms with Crippen LogP contribution < -0.4 is 5.32 Å². The van der Waals surface area contributed by atoms with Gasteiger partial charge in [-0.05, 0) is 42.4 Å². The van der Waals surface area contributed by atoms with Crippen molar-refractivity contribution in [2.45, 2.75) is 19.4 Å². The molecule has 0 bridgehead atoms. The number of hydrogen-bond donors (Lipinski definition) is 1. The molecule has 0 saturated heterocycles. The van der Waals surface area contributed by atoms with Crippen LogP contribution in [0.15, 0.2) is 30.5 Å². The van der Waals surface area contributed by atoms with Crippen molar-refractivity contribution in [2.75, 3.05) is 5.32 Å². The molecule has 0 amide bonds. The highest BCUT2D eigenvalue weighted by Gasteiger charge is 2.13. The SMILES string of the molecule is CC(Cc1ccc(F)cc1)Nc1ncc([N+](=O)[O-])s1. The van der Waals surface area contributed by atoms with E-state index in [0.29, 0.717) is 11.6 Å². The molecular weight excluding hydrogens is 269 g/mol. The summed E-state index contributed by atoms with van der Waals surface area (Å²) in [5.74, 6) is -0.264. The molecule has 2 rings (SSSR count). The molecule has 1 N–H and O–H groups in total. The summed E-state index contributed by atoms with van der Waals surface area (Å²) in [7, 11) is 0. The molecule has 0 radical (unpaired) electrons. The molecule has 1 aromatic heterocycles. The number of anilines is 1. The number of thiazole rings is 1. The van der Waals surface area contributed by atoms with Gasteiger partial charge in [-0.3, -0.25) is 10.1 Å². The number of nitro groups is 1. The number of nitrogens with zero attached hydrogens (tertiary/aromatic N) is 2. The molecule has 0 aliphatic heterocycles. The Kier molecular flexibility index (Phi) is 4.06. The monoisotopic (exact) mass is 281 g/mol. The Morgan fingerprint density at radius 1 is 1.47 bits per heavy atom. The van der Waals surface area contributed by atoms with E-state index in [4.69, 9.17) is 0 Å². The Morgan fingerprint density at radius 3 is 2.74 bits per heavy atom. The molecule has 100 valence electrons. The topological polar surface area (TPSA) is 68.1 Å². The standard InChI is InChI=1S/C12H12FN3O2S/c1-8(6-9-2-4-10(13)5-3-9)15-12-14-7-11(19-12)16(17)18/h2-5,7-8H,6H2,1H3,(H,14,15). The van der Waals surface area contributed by atoms with E-state index < -0.39 is 4.92 Å². The predicted molar refractivity (Wildman–Crippen MR) is 72.0 cm³/mol. The molecule has 19 heavy (non-hydrogen) atoms. The largest absolute Gasteiger partial charge is 0.359 e. The summed E-state index contributed by atoms with van der Waals surface area (Å²) >= 11 is 1.00. The lowest BCUT2D eigenvalue weighted by atomic mass is 10.1. The summed E-state index contributed by atoms with van der Waals surface area (Å²) in [6.07, 6.45) is 1.92. The maximum atomic E-state index is 12.8. The average molecular weight is 281 g/mol. The molecule has 0 saturated carbocycles. The normalized spacial score (nSPS) is 12.1. The van der Waals surface area contributed by atoms with Gasteiger partial charge in [0, 0.05) is 6.04 Å². The van der Waals surface area contributed by atoms with Gasteiger partial charge in [-0.15, -0.1) is 0 Å². The Balaban J connectivity index is 1.94. The fourth-order valence-electron chi connectivity index (χ4n) is 1.65. The van der Waals surface area contributed by atoms with Crippen molar-refractivity contribution in [1.82, 2.24) is 4.98 Å². The molecule has 1 unspecified atom stereocenters. The van der Waals surface area contributed by atoms with Gasteiger partial charge in [0.05, 0.1) is 4.92 Å². The van der Waals surface area contributed by atoms with Crippen LogP contribution in [0.2, 0.25) is 0 Å². The first-order valence-corrected chi connectivity index (χ1v) is 6.47. The van der Waals surface area contributed by atoms with E-state index in [0.717, 1.165) is 16.9 Å².